The monoisotopic (exact) mass is 425 g/mol. The van der Waals surface area contributed by atoms with Gasteiger partial charge < -0.3 is 29.5 Å². The number of nitrogens with zero attached hydrogens (tertiary/aromatic N) is 2. The molecule has 0 bridgehead atoms. The van der Waals surface area contributed by atoms with Gasteiger partial charge >= 0.3 is 0 Å². The number of piperazine rings is 1. The van der Waals surface area contributed by atoms with Crippen LogP contribution in [0.5, 0.6) is 5.75 Å². The minimum absolute atomic E-state index is 0.0759. The van der Waals surface area contributed by atoms with E-state index in [9.17, 15) is 4.79 Å². The van der Waals surface area contributed by atoms with E-state index < -0.39 is 0 Å². The number of carbonyl (C=O) groups is 1. The van der Waals surface area contributed by atoms with Crippen molar-refractivity contribution in [2.75, 3.05) is 74.7 Å². The number of benzene rings is 2. The van der Waals surface area contributed by atoms with Crippen LogP contribution in [0, 0.1) is 0 Å². The summed E-state index contributed by atoms with van der Waals surface area (Å²) >= 11 is 0. The lowest BCUT2D eigenvalue weighted by atomic mass is 10.2. The minimum atomic E-state index is -0.0862. The predicted octanol–water partition coefficient (Wildman–Crippen LogP) is 1.26. The van der Waals surface area contributed by atoms with Crippen molar-refractivity contribution < 1.29 is 19.2 Å². The van der Waals surface area contributed by atoms with E-state index >= 15 is 0 Å². The highest BCUT2D eigenvalue weighted by Crippen LogP contribution is 2.20. The normalized spacial score (nSPS) is 18.5. The molecule has 2 N–H and O–H groups in total. The summed E-state index contributed by atoms with van der Waals surface area (Å²) in [5, 5.41) is 3.09. The Balaban J connectivity index is 1.27. The molecule has 4 rings (SSSR count). The lowest BCUT2D eigenvalue weighted by Crippen LogP contribution is -3.19. The standard InChI is InChI=1S/C24H32N4O3/c1-19(26-11-13-27(14-12-26)22-7-9-23(30-2)10-8-22)24(29)25-20-3-5-21(6-4-20)28-15-17-31-18-16-28/h3-10,19H,11-18H2,1-2H3,(H,25,29)/p+1/t19-/m1/s1. The SMILES string of the molecule is COc1ccc(N2CC[NH+]([C@H](C)C(=O)Nc3ccc(N4CCOCC4)cc3)CC2)cc1. The van der Waals surface area contributed by atoms with Crippen LogP contribution in [-0.2, 0) is 9.53 Å². The molecule has 7 heteroatoms. The number of anilines is 3. The van der Waals surface area contributed by atoms with E-state index in [2.05, 4.69) is 39.4 Å². The highest BCUT2D eigenvalue weighted by Gasteiger charge is 2.29. The third-order valence-electron chi connectivity index (χ3n) is 6.36. The first-order chi connectivity index (χ1) is 15.1. The fraction of sp³-hybridized carbons (Fsp3) is 0.458. The van der Waals surface area contributed by atoms with Crippen LogP contribution in [0.3, 0.4) is 0 Å². The van der Waals surface area contributed by atoms with Crippen LogP contribution in [0.1, 0.15) is 6.92 Å². The van der Waals surface area contributed by atoms with Crippen LogP contribution < -0.4 is 24.8 Å². The summed E-state index contributed by atoms with van der Waals surface area (Å²) in [6, 6.07) is 16.2. The summed E-state index contributed by atoms with van der Waals surface area (Å²) in [7, 11) is 1.68. The minimum Gasteiger partial charge on any atom is -0.497 e. The fourth-order valence-corrected chi connectivity index (χ4v) is 4.29. The number of morpholine rings is 1. The largest absolute Gasteiger partial charge is 0.497 e. The van der Waals surface area contributed by atoms with Gasteiger partial charge in [0.25, 0.3) is 5.91 Å². The number of ether oxygens (including phenoxy) is 2. The van der Waals surface area contributed by atoms with Gasteiger partial charge in [0, 0.05) is 30.2 Å². The van der Waals surface area contributed by atoms with Gasteiger partial charge in [-0.3, -0.25) is 4.79 Å². The van der Waals surface area contributed by atoms with Crippen LogP contribution in [-0.4, -0.2) is 71.5 Å². The Morgan fingerprint density at radius 3 is 2.06 bits per heavy atom. The van der Waals surface area contributed by atoms with Crippen LogP contribution in [0.15, 0.2) is 48.5 Å². The third-order valence-corrected chi connectivity index (χ3v) is 6.36. The maximum Gasteiger partial charge on any atom is 0.282 e. The van der Waals surface area contributed by atoms with Gasteiger partial charge in [-0.15, -0.1) is 0 Å². The first-order valence-electron chi connectivity index (χ1n) is 11.1. The molecule has 2 fully saturated rings. The van der Waals surface area contributed by atoms with Gasteiger partial charge in [-0.25, -0.2) is 0 Å². The summed E-state index contributed by atoms with van der Waals surface area (Å²) in [5.74, 6) is 0.948. The van der Waals surface area contributed by atoms with Crippen molar-refractivity contribution in [3.05, 3.63) is 48.5 Å². The van der Waals surface area contributed by atoms with Crippen molar-refractivity contribution >= 4 is 23.0 Å². The van der Waals surface area contributed by atoms with E-state index in [0.717, 1.165) is 63.9 Å². The average Bonchev–Trinajstić information content (AvgIpc) is 2.85. The summed E-state index contributed by atoms with van der Waals surface area (Å²) < 4.78 is 10.7. The average molecular weight is 426 g/mol. The number of carbonyl (C=O) groups excluding carboxylic acids is 1. The van der Waals surface area contributed by atoms with E-state index in [1.165, 1.54) is 16.3 Å². The molecular formula is C24H33N4O3+. The van der Waals surface area contributed by atoms with Crippen LogP contribution in [0.25, 0.3) is 0 Å². The smallest absolute Gasteiger partial charge is 0.282 e. The summed E-state index contributed by atoms with van der Waals surface area (Å²) in [5.41, 5.74) is 3.23. The van der Waals surface area contributed by atoms with Gasteiger partial charge in [0.1, 0.15) is 5.75 Å². The summed E-state index contributed by atoms with van der Waals surface area (Å²) in [4.78, 5) is 18.8. The van der Waals surface area contributed by atoms with Crippen molar-refractivity contribution in [1.82, 2.24) is 0 Å². The predicted molar refractivity (Wildman–Crippen MR) is 123 cm³/mol. The van der Waals surface area contributed by atoms with Gasteiger partial charge in [-0.05, 0) is 55.5 Å². The molecule has 0 spiro atoms. The molecule has 0 radical (unpaired) electrons. The topological polar surface area (TPSA) is 58.5 Å². The molecule has 2 heterocycles. The molecular weight excluding hydrogens is 392 g/mol. The number of rotatable bonds is 6. The van der Waals surface area contributed by atoms with E-state index in [4.69, 9.17) is 9.47 Å². The van der Waals surface area contributed by atoms with E-state index in [-0.39, 0.29) is 11.9 Å². The Kier molecular flexibility index (Phi) is 6.94. The molecule has 0 aliphatic carbocycles. The van der Waals surface area contributed by atoms with Crippen LogP contribution in [0.2, 0.25) is 0 Å². The molecule has 2 aliphatic heterocycles. The Bertz CT molecular complexity index is 842. The van der Waals surface area contributed by atoms with Gasteiger partial charge in [0.15, 0.2) is 6.04 Å². The van der Waals surface area contributed by atoms with Crippen molar-refractivity contribution in [3.8, 4) is 5.75 Å². The first-order valence-corrected chi connectivity index (χ1v) is 11.1. The number of quaternary nitrogens is 1. The van der Waals surface area contributed by atoms with Crippen LogP contribution in [0.4, 0.5) is 17.1 Å². The third kappa shape index (κ3) is 5.29. The molecule has 2 aromatic carbocycles. The molecule has 31 heavy (non-hydrogen) atoms. The van der Waals surface area contributed by atoms with E-state index in [0.29, 0.717) is 0 Å². The van der Waals surface area contributed by atoms with Crippen LogP contribution >= 0.6 is 0 Å². The Morgan fingerprint density at radius 2 is 1.48 bits per heavy atom. The van der Waals surface area contributed by atoms with E-state index in [1.807, 2.05) is 31.2 Å². The fourth-order valence-electron chi connectivity index (χ4n) is 4.29. The summed E-state index contributed by atoms with van der Waals surface area (Å²) in [6.07, 6.45) is 0. The number of hydrogen-bond donors (Lipinski definition) is 2. The van der Waals surface area contributed by atoms with Crippen molar-refractivity contribution in [2.45, 2.75) is 13.0 Å². The zero-order valence-corrected chi connectivity index (χ0v) is 18.5. The van der Waals surface area contributed by atoms with Gasteiger partial charge in [-0.1, -0.05) is 0 Å². The number of methoxy groups -OCH3 is 1. The molecule has 2 aromatic rings. The Hall–Kier alpha value is -2.77. The molecule has 0 aromatic heterocycles. The molecule has 7 nitrogen and oxygen atoms in total. The molecule has 1 atom stereocenters. The van der Waals surface area contributed by atoms with Gasteiger partial charge in [0.05, 0.1) is 46.5 Å². The molecule has 2 aliphatic rings. The second-order valence-corrected chi connectivity index (χ2v) is 8.20. The molecule has 1 amide bonds. The molecule has 0 unspecified atom stereocenters. The highest BCUT2D eigenvalue weighted by molar-refractivity contribution is 5.93. The van der Waals surface area contributed by atoms with Crippen molar-refractivity contribution in [3.63, 3.8) is 0 Å². The lowest BCUT2D eigenvalue weighted by molar-refractivity contribution is -0.914. The quantitative estimate of drug-likeness (QED) is 0.730. The number of nitrogens with one attached hydrogen (secondary N) is 2. The number of hydrogen-bond acceptors (Lipinski definition) is 5. The molecule has 2 saturated heterocycles. The Labute approximate surface area is 184 Å². The molecule has 166 valence electrons. The number of amides is 1. The van der Waals surface area contributed by atoms with E-state index in [1.54, 1.807) is 7.11 Å². The first kappa shape index (κ1) is 21.5. The zero-order chi connectivity index (χ0) is 21.6. The Morgan fingerprint density at radius 1 is 0.935 bits per heavy atom. The maximum atomic E-state index is 12.8. The van der Waals surface area contributed by atoms with Gasteiger partial charge in [-0.2, -0.15) is 0 Å². The van der Waals surface area contributed by atoms with Crippen molar-refractivity contribution in [1.29, 1.82) is 0 Å². The second kappa shape index (κ2) is 10.0. The maximum absolute atomic E-state index is 12.8. The van der Waals surface area contributed by atoms with Crippen molar-refractivity contribution in [2.24, 2.45) is 0 Å². The summed E-state index contributed by atoms with van der Waals surface area (Å²) in [6.45, 7) is 9.14. The lowest BCUT2D eigenvalue weighted by Gasteiger charge is -2.36. The highest BCUT2D eigenvalue weighted by atomic mass is 16.5. The zero-order valence-electron chi connectivity index (χ0n) is 18.5. The molecule has 0 saturated carbocycles. The second-order valence-electron chi connectivity index (χ2n) is 8.20. The van der Waals surface area contributed by atoms with Gasteiger partial charge in [0.2, 0.25) is 0 Å².